The molecule has 196 valence electrons. The van der Waals surface area contributed by atoms with Crippen molar-refractivity contribution in [1.82, 2.24) is 20.1 Å². The molecule has 0 aliphatic carbocycles. The number of hydrogen-bond donors (Lipinski definition) is 2. The Balaban J connectivity index is 1.56. The lowest BCUT2D eigenvalue weighted by Gasteiger charge is -2.43. The van der Waals surface area contributed by atoms with Crippen LogP contribution in [0.2, 0.25) is 0 Å². The molecular weight excluding hydrogens is 476 g/mol. The van der Waals surface area contributed by atoms with Gasteiger partial charge in [-0.3, -0.25) is 19.5 Å². The van der Waals surface area contributed by atoms with E-state index in [9.17, 15) is 14.9 Å². The quantitative estimate of drug-likeness (QED) is 0.433. The van der Waals surface area contributed by atoms with Crippen LogP contribution in [0.4, 0.5) is 0 Å². The SMILES string of the molecule is N#Cc1ccc(CN(CCc2ccccc2)C2CCN(C(=O)c3cccnc3)[C@@H](C(=O)NCCN)C2)cc1. The zero-order valence-corrected chi connectivity index (χ0v) is 21.5. The first-order valence-electron chi connectivity index (χ1n) is 13.0. The maximum absolute atomic E-state index is 13.4. The third-order valence-electron chi connectivity index (χ3n) is 7.01. The van der Waals surface area contributed by atoms with E-state index in [4.69, 9.17) is 5.73 Å². The molecule has 2 amide bonds. The molecule has 2 aromatic carbocycles. The molecule has 1 fully saturated rings. The third kappa shape index (κ3) is 7.03. The maximum Gasteiger partial charge on any atom is 0.256 e. The molecule has 1 aliphatic heterocycles. The van der Waals surface area contributed by atoms with Crippen LogP contribution in [0.3, 0.4) is 0 Å². The number of benzene rings is 2. The van der Waals surface area contributed by atoms with Crippen LogP contribution in [-0.2, 0) is 17.8 Å². The van der Waals surface area contributed by atoms with Gasteiger partial charge in [-0.25, -0.2) is 0 Å². The molecule has 3 N–H and O–H groups in total. The van der Waals surface area contributed by atoms with E-state index in [1.54, 1.807) is 29.4 Å². The Morgan fingerprint density at radius 1 is 1.08 bits per heavy atom. The summed E-state index contributed by atoms with van der Waals surface area (Å²) >= 11 is 0. The Kier molecular flexibility index (Phi) is 9.57. The summed E-state index contributed by atoms with van der Waals surface area (Å²) in [6, 6.07) is 23.1. The molecular formula is C30H34N6O2. The second kappa shape index (κ2) is 13.5. The van der Waals surface area contributed by atoms with Crippen LogP contribution >= 0.6 is 0 Å². The number of nitriles is 1. The molecule has 0 spiro atoms. The van der Waals surface area contributed by atoms with E-state index < -0.39 is 6.04 Å². The van der Waals surface area contributed by atoms with Gasteiger partial charge in [0.05, 0.1) is 17.2 Å². The van der Waals surface area contributed by atoms with Gasteiger partial charge in [0.15, 0.2) is 0 Å². The summed E-state index contributed by atoms with van der Waals surface area (Å²) in [5.41, 5.74) is 9.09. The molecule has 8 nitrogen and oxygen atoms in total. The summed E-state index contributed by atoms with van der Waals surface area (Å²) in [4.78, 5) is 34.8. The Bertz CT molecular complexity index is 1230. The lowest BCUT2D eigenvalue weighted by atomic mass is 9.93. The molecule has 38 heavy (non-hydrogen) atoms. The van der Waals surface area contributed by atoms with Crippen molar-refractivity contribution in [3.63, 3.8) is 0 Å². The Morgan fingerprint density at radius 2 is 1.87 bits per heavy atom. The van der Waals surface area contributed by atoms with Crippen molar-refractivity contribution in [2.75, 3.05) is 26.2 Å². The van der Waals surface area contributed by atoms with Gasteiger partial charge in [-0.2, -0.15) is 5.26 Å². The van der Waals surface area contributed by atoms with E-state index in [0.717, 1.165) is 24.9 Å². The molecule has 1 aliphatic rings. The number of nitrogens with zero attached hydrogens (tertiary/aromatic N) is 4. The molecule has 3 aromatic rings. The standard InChI is InChI=1S/C30H34N6O2/c31-14-16-34-29(37)28-19-27(13-18-36(28)30(38)26-7-4-15-33-21-26)35(17-12-23-5-2-1-3-6-23)22-25-10-8-24(20-32)9-11-25/h1-11,15,21,27-28H,12-14,16-19,22,31H2,(H,34,37)/t27?,28-/m1/s1. The van der Waals surface area contributed by atoms with Crippen molar-refractivity contribution in [3.05, 3.63) is 101 Å². The number of amides is 2. The van der Waals surface area contributed by atoms with Gasteiger partial charge < -0.3 is 16.0 Å². The molecule has 1 saturated heterocycles. The van der Waals surface area contributed by atoms with Crippen LogP contribution in [0.5, 0.6) is 0 Å². The average Bonchev–Trinajstić information content (AvgIpc) is 2.98. The number of nitrogens with two attached hydrogens (primary N) is 1. The summed E-state index contributed by atoms with van der Waals surface area (Å²) in [7, 11) is 0. The largest absolute Gasteiger partial charge is 0.353 e. The summed E-state index contributed by atoms with van der Waals surface area (Å²) in [6.07, 6.45) is 5.31. The maximum atomic E-state index is 13.4. The highest BCUT2D eigenvalue weighted by atomic mass is 16.2. The van der Waals surface area contributed by atoms with Gasteiger partial charge in [0.2, 0.25) is 5.91 Å². The second-order valence-electron chi connectivity index (χ2n) is 9.53. The minimum absolute atomic E-state index is 0.0981. The van der Waals surface area contributed by atoms with Crippen LogP contribution in [-0.4, -0.2) is 64.9 Å². The Morgan fingerprint density at radius 3 is 2.55 bits per heavy atom. The van der Waals surface area contributed by atoms with Gasteiger partial charge in [-0.1, -0.05) is 42.5 Å². The minimum Gasteiger partial charge on any atom is -0.353 e. The Labute approximate surface area is 224 Å². The first kappa shape index (κ1) is 27.0. The van der Waals surface area contributed by atoms with Gasteiger partial charge in [0.25, 0.3) is 5.91 Å². The number of rotatable bonds is 10. The fourth-order valence-electron chi connectivity index (χ4n) is 4.97. The van der Waals surface area contributed by atoms with Gasteiger partial charge >= 0.3 is 0 Å². The van der Waals surface area contributed by atoms with Crippen LogP contribution < -0.4 is 11.1 Å². The topological polar surface area (TPSA) is 115 Å². The molecule has 2 heterocycles. The van der Waals surface area contributed by atoms with Crippen LogP contribution in [0, 0.1) is 11.3 Å². The lowest BCUT2D eigenvalue weighted by Crippen LogP contribution is -2.57. The van der Waals surface area contributed by atoms with Crippen molar-refractivity contribution in [1.29, 1.82) is 5.26 Å². The number of carbonyl (C=O) groups is 2. The van der Waals surface area contributed by atoms with Gasteiger partial charge in [-0.15, -0.1) is 0 Å². The highest BCUT2D eigenvalue weighted by Gasteiger charge is 2.38. The van der Waals surface area contributed by atoms with Gasteiger partial charge in [0, 0.05) is 51.2 Å². The zero-order valence-electron chi connectivity index (χ0n) is 21.5. The molecule has 1 aromatic heterocycles. The summed E-state index contributed by atoms with van der Waals surface area (Å²) < 4.78 is 0. The molecule has 4 rings (SSSR count). The normalized spacial score (nSPS) is 17.1. The average molecular weight is 511 g/mol. The van der Waals surface area contributed by atoms with E-state index in [1.165, 1.54) is 5.56 Å². The van der Waals surface area contributed by atoms with Crippen molar-refractivity contribution < 1.29 is 9.59 Å². The van der Waals surface area contributed by atoms with Crippen molar-refractivity contribution in [2.45, 2.75) is 37.9 Å². The van der Waals surface area contributed by atoms with Gasteiger partial charge in [0.1, 0.15) is 6.04 Å². The van der Waals surface area contributed by atoms with E-state index in [1.807, 2.05) is 42.5 Å². The number of nitrogens with one attached hydrogen (secondary N) is 1. The smallest absolute Gasteiger partial charge is 0.256 e. The van der Waals surface area contributed by atoms with E-state index in [-0.39, 0.29) is 17.9 Å². The first-order chi connectivity index (χ1) is 18.6. The number of hydrogen-bond acceptors (Lipinski definition) is 6. The predicted octanol–water partition coefficient (Wildman–Crippen LogP) is 2.75. The molecule has 1 unspecified atom stereocenters. The predicted molar refractivity (Wildman–Crippen MR) is 146 cm³/mol. The van der Waals surface area contributed by atoms with Crippen molar-refractivity contribution in [2.24, 2.45) is 5.73 Å². The summed E-state index contributed by atoms with van der Waals surface area (Å²) in [5.74, 6) is -0.369. The highest BCUT2D eigenvalue weighted by Crippen LogP contribution is 2.26. The molecule has 0 radical (unpaired) electrons. The highest BCUT2D eigenvalue weighted by molar-refractivity contribution is 5.97. The van der Waals surface area contributed by atoms with Crippen LogP contribution in [0.1, 0.15) is 39.9 Å². The number of pyridine rings is 1. The monoisotopic (exact) mass is 510 g/mol. The van der Waals surface area contributed by atoms with Crippen molar-refractivity contribution in [3.8, 4) is 6.07 Å². The molecule has 0 bridgehead atoms. The van der Waals surface area contributed by atoms with Crippen LogP contribution in [0.25, 0.3) is 0 Å². The first-order valence-corrected chi connectivity index (χ1v) is 13.0. The number of likely N-dealkylation sites (tertiary alicyclic amines) is 1. The van der Waals surface area contributed by atoms with E-state index in [2.05, 4.69) is 33.4 Å². The molecule has 8 heteroatoms. The van der Waals surface area contributed by atoms with Crippen molar-refractivity contribution >= 4 is 11.8 Å². The number of aromatic nitrogens is 1. The number of piperidine rings is 1. The van der Waals surface area contributed by atoms with Gasteiger partial charge in [-0.05, 0) is 54.7 Å². The fourth-order valence-corrected chi connectivity index (χ4v) is 4.97. The van der Waals surface area contributed by atoms with E-state index in [0.29, 0.717) is 43.7 Å². The summed E-state index contributed by atoms with van der Waals surface area (Å²) in [5, 5.41) is 12.1. The fraction of sp³-hybridized carbons (Fsp3) is 0.333. The third-order valence-corrected chi connectivity index (χ3v) is 7.01. The minimum atomic E-state index is -0.604. The molecule has 0 saturated carbocycles. The molecule has 2 atom stereocenters. The van der Waals surface area contributed by atoms with Crippen LogP contribution in [0.15, 0.2) is 79.1 Å². The second-order valence-corrected chi connectivity index (χ2v) is 9.53. The Hall–Kier alpha value is -4.06. The van der Waals surface area contributed by atoms with E-state index >= 15 is 0 Å². The number of carbonyl (C=O) groups excluding carboxylic acids is 2. The summed E-state index contributed by atoms with van der Waals surface area (Å²) in [6.45, 7) is 2.66. The lowest BCUT2D eigenvalue weighted by molar-refractivity contribution is -0.127. The zero-order chi connectivity index (χ0) is 26.7.